The maximum absolute atomic E-state index is 12.6. The summed E-state index contributed by atoms with van der Waals surface area (Å²) in [7, 11) is 0. The molecule has 5 aliphatic rings. The molecule has 5 fully saturated rings. The highest BCUT2D eigenvalue weighted by Crippen LogP contribution is 2.55. The van der Waals surface area contributed by atoms with E-state index in [1.807, 2.05) is 18.2 Å². The number of carbonyl (C=O) groups excluding carboxylic acids is 2. The van der Waals surface area contributed by atoms with Crippen LogP contribution in [0.4, 0.5) is 16.2 Å². The molecule has 1 saturated heterocycles. The maximum Gasteiger partial charge on any atom is 0.315 e. The molecule has 6 rings (SSSR count). The molecule has 4 aliphatic carbocycles. The van der Waals surface area contributed by atoms with Gasteiger partial charge < -0.3 is 20.9 Å². The van der Waals surface area contributed by atoms with Crippen LogP contribution in [0.25, 0.3) is 0 Å². The first-order valence-electron chi connectivity index (χ1n) is 12.3. The van der Waals surface area contributed by atoms with Crippen LogP contribution in [-0.2, 0) is 4.79 Å². The maximum atomic E-state index is 12.6. The number of carbonyl (C=O) groups is 2. The third kappa shape index (κ3) is 4.68. The molecule has 0 radical (unpaired) electrons. The van der Waals surface area contributed by atoms with Crippen LogP contribution in [0.3, 0.4) is 0 Å². The Bertz CT molecular complexity index is 782. The molecule has 4 saturated carbocycles. The van der Waals surface area contributed by atoms with Gasteiger partial charge in [0.25, 0.3) is 0 Å². The first kappa shape index (κ1) is 20.7. The SMILES string of the molecule is O=C(CCNC(=O)NC12CC3CC(CC(C3)C1)C2)Nc1ccccc1N1CCCCC1. The van der Waals surface area contributed by atoms with E-state index in [0.29, 0.717) is 6.54 Å². The molecule has 6 heteroatoms. The Morgan fingerprint density at radius 3 is 2.26 bits per heavy atom. The van der Waals surface area contributed by atoms with E-state index >= 15 is 0 Å². The number of hydrogen-bond acceptors (Lipinski definition) is 3. The fourth-order valence-corrected chi connectivity index (χ4v) is 7.04. The molecule has 168 valence electrons. The lowest BCUT2D eigenvalue weighted by atomic mass is 9.53. The fourth-order valence-electron chi connectivity index (χ4n) is 7.04. The van der Waals surface area contributed by atoms with Gasteiger partial charge in [-0.2, -0.15) is 0 Å². The van der Waals surface area contributed by atoms with E-state index < -0.39 is 0 Å². The van der Waals surface area contributed by atoms with Crippen molar-refractivity contribution in [2.24, 2.45) is 17.8 Å². The van der Waals surface area contributed by atoms with Gasteiger partial charge in [-0.1, -0.05) is 12.1 Å². The van der Waals surface area contributed by atoms with Crippen LogP contribution in [0, 0.1) is 17.8 Å². The normalized spacial score (nSPS) is 31.4. The number of rotatable bonds is 6. The van der Waals surface area contributed by atoms with Gasteiger partial charge in [0.1, 0.15) is 0 Å². The summed E-state index contributed by atoms with van der Waals surface area (Å²) in [5.41, 5.74) is 1.98. The van der Waals surface area contributed by atoms with Gasteiger partial charge in [0.15, 0.2) is 0 Å². The second-order valence-corrected chi connectivity index (χ2v) is 10.4. The van der Waals surface area contributed by atoms with Crippen molar-refractivity contribution in [1.82, 2.24) is 10.6 Å². The Hall–Kier alpha value is -2.24. The third-order valence-corrected chi connectivity index (χ3v) is 7.93. The number of benzene rings is 1. The smallest absolute Gasteiger partial charge is 0.315 e. The lowest BCUT2D eigenvalue weighted by Crippen LogP contribution is -2.61. The zero-order valence-corrected chi connectivity index (χ0v) is 18.5. The number of hydrogen-bond donors (Lipinski definition) is 3. The average molecular weight is 425 g/mol. The zero-order chi connectivity index (χ0) is 21.3. The average Bonchev–Trinajstić information content (AvgIpc) is 2.73. The zero-order valence-electron chi connectivity index (χ0n) is 18.5. The molecular formula is C25H36N4O2. The molecular weight excluding hydrogens is 388 g/mol. The first-order valence-corrected chi connectivity index (χ1v) is 12.3. The van der Waals surface area contributed by atoms with Gasteiger partial charge in [-0.25, -0.2) is 4.79 Å². The second-order valence-electron chi connectivity index (χ2n) is 10.4. The molecule has 0 aromatic heterocycles. The number of amides is 3. The van der Waals surface area contributed by atoms with Gasteiger partial charge in [-0.05, 0) is 87.7 Å². The van der Waals surface area contributed by atoms with Crippen LogP contribution in [0.5, 0.6) is 0 Å². The molecule has 1 aliphatic heterocycles. The monoisotopic (exact) mass is 424 g/mol. The summed E-state index contributed by atoms with van der Waals surface area (Å²) in [6.45, 7) is 2.44. The lowest BCUT2D eigenvalue weighted by Gasteiger charge is -2.56. The molecule has 0 atom stereocenters. The first-order chi connectivity index (χ1) is 15.1. The van der Waals surface area contributed by atoms with Gasteiger partial charge in [0, 0.05) is 31.6 Å². The molecule has 1 aromatic rings. The van der Waals surface area contributed by atoms with Crippen LogP contribution in [0.2, 0.25) is 0 Å². The summed E-state index contributed by atoms with van der Waals surface area (Å²) >= 11 is 0. The predicted octanol–water partition coefficient (Wildman–Crippen LogP) is 4.27. The highest BCUT2D eigenvalue weighted by atomic mass is 16.2. The number of para-hydroxylation sites is 2. The number of piperidine rings is 1. The van der Waals surface area contributed by atoms with Gasteiger partial charge in [0.05, 0.1) is 11.4 Å². The molecule has 3 N–H and O–H groups in total. The van der Waals surface area contributed by atoms with Gasteiger partial charge in [0.2, 0.25) is 5.91 Å². The summed E-state index contributed by atoms with van der Waals surface area (Å²) in [6, 6.07) is 7.92. The van der Waals surface area contributed by atoms with Crippen LogP contribution in [-0.4, -0.2) is 37.1 Å². The van der Waals surface area contributed by atoms with Crippen molar-refractivity contribution in [3.63, 3.8) is 0 Å². The topological polar surface area (TPSA) is 73.5 Å². The molecule has 4 bridgehead atoms. The Kier molecular flexibility index (Phi) is 5.81. The summed E-state index contributed by atoms with van der Waals surface area (Å²) < 4.78 is 0. The van der Waals surface area contributed by atoms with Crippen molar-refractivity contribution in [3.05, 3.63) is 24.3 Å². The second kappa shape index (κ2) is 8.71. The summed E-state index contributed by atoms with van der Waals surface area (Å²) in [5, 5.41) is 9.30. The summed E-state index contributed by atoms with van der Waals surface area (Å²) in [6.07, 6.45) is 11.5. The minimum absolute atomic E-state index is 0.00841. The van der Waals surface area contributed by atoms with E-state index in [1.54, 1.807) is 0 Å². The minimum atomic E-state index is -0.108. The third-order valence-electron chi connectivity index (χ3n) is 7.93. The van der Waals surface area contributed by atoms with E-state index in [4.69, 9.17) is 0 Å². The van der Waals surface area contributed by atoms with Crippen molar-refractivity contribution in [1.29, 1.82) is 0 Å². The molecule has 0 spiro atoms. The van der Waals surface area contributed by atoms with Crippen LogP contribution < -0.4 is 20.9 Å². The lowest BCUT2D eigenvalue weighted by molar-refractivity contribution is -0.116. The summed E-state index contributed by atoms with van der Waals surface area (Å²) in [4.78, 5) is 27.5. The van der Waals surface area contributed by atoms with Gasteiger partial charge in [-0.15, -0.1) is 0 Å². The van der Waals surface area contributed by atoms with Gasteiger partial charge in [-0.3, -0.25) is 4.79 Å². The highest BCUT2D eigenvalue weighted by Gasteiger charge is 2.51. The van der Waals surface area contributed by atoms with E-state index in [9.17, 15) is 9.59 Å². The number of nitrogens with one attached hydrogen (secondary N) is 3. The van der Waals surface area contributed by atoms with Crippen LogP contribution in [0.15, 0.2) is 24.3 Å². The molecule has 1 heterocycles. The van der Waals surface area contributed by atoms with Crippen molar-refractivity contribution >= 4 is 23.3 Å². The number of anilines is 2. The minimum Gasteiger partial charge on any atom is -0.370 e. The Morgan fingerprint density at radius 1 is 0.935 bits per heavy atom. The van der Waals surface area contributed by atoms with Crippen molar-refractivity contribution in [2.45, 2.75) is 69.7 Å². The molecule has 3 amide bonds. The van der Waals surface area contributed by atoms with Crippen LogP contribution in [0.1, 0.15) is 64.2 Å². The number of urea groups is 1. The molecule has 0 unspecified atom stereocenters. The van der Waals surface area contributed by atoms with E-state index in [0.717, 1.165) is 61.5 Å². The Morgan fingerprint density at radius 2 is 1.58 bits per heavy atom. The van der Waals surface area contributed by atoms with E-state index in [1.165, 1.54) is 38.5 Å². The van der Waals surface area contributed by atoms with Gasteiger partial charge >= 0.3 is 6.03 Å². The van der Waals surface area contributed by atoms with Crippen molar-refractivity contribution in [3.8, 4) is 0 Å². The highest BCUT2D eigenvalue weighted by molar-refractivity contribution is 5.94. The van der Waals surface area contributed by atoms with Crippen molar-refractivity contribution < 1.29 is 9.59 Å². The van der Waals surface area contributed by atoms with E-state index in [-0.39, 0.29) is 23.9 Å². The van der Waals surface area contributed by atoms with Crippen LogP contribution >= 0.6 is 0 Å². The Labute approximate surface area is 185 Å². The van der Waals surface area contributed by atoms with E-state index in [2.05, 4.69) is 26.9 Å². The van der Waals surface area contributed by atoms with Crippen molar-refractivity contribution in [2.75, 3.05) is 29.9 Å². The summed E-state index contributed by atoms with van der Waals surface area (Å²) in [5.74, 6) is 2.35. The fraction of sp³-hybridized carbons (Fsp3) is 0.680. The predicted molar refractivity (Wildman–Crippen MR) is 123 cm³/mol. The quantitative estimate of drug-likeness (QED) is 0.638. The Balaban J connectivity index is 1.09. The molecule has 1 aromatic carbocycles. The largest absolute Gasteiger partial charge is 0.370 e. The molecule has 6 nitrogen and oxygen atoms in total. The standard InChI is InChI=1S/C25H36N4O2/c30-23(27-21-6-2-3-7-22(21)29-10-4-1-5-11-29)8-9-26-24(31)28-25-15-18-12-19(16-25)14-20(13-18)17-25/h2-3,6-7,18-20H,1,4-5,8-17H2,(H,27,30)(H2,26,28,31). The molecule has 31 heavy (non-hydrogen) atoms. The number of nitrogens with zero attached hydrogens (tertiary/aromatic N) is 1.